The van der Waals surface area contributed by atoms with Gasteiger partial charge in [0.15, 0.2) is 0 Å². The molecule has 2 aromatic rings. The lowest BCUT2D eigenvalue weighted by Crippen LogP contribution is -2.39. The summed E-state index contributed by atoms with van der Waals surface area (Å²) in [5.74, 6) is -0.889. The number of rotatable bonds is 8. The van der Waals surface area contributed by atoms with Crippen molar-refractivity contribution in [2.24, 2.45) is 0 Å². The van der Waals surface area contributed by atoms with Crippen LogP contribution in [-0.4, -0.2) is 56.2 Å². The van der Waals surface area contributed by atoms with Gasteiger partial charge in [-0.05, 0) is 46.1 Å². The molecule has 1 atom stereocenters. The fourth-order valence-electron chi connectivity index (χ4n) is 2.45. The quantitative estimate of drug-likeness (QED) is 0.467. The first-order valence-electron chi connectivity index (χ1n) is 8.58. The maximum atomic E-state index is 12.2. The molecule has 0 saturated heterocycles. The molecule has 1 unspecified atom stereocenters. The van der Waals surface area contributed by atoms with Crippen LogP contribution in [0.2, 0.25) is 5.28 Å². The van der Waals surface area contributed by atoms with E-state index < -0.39 is 41.2 Å². The molecule has 1 N–H and O–H groups in total. The summed E-state index contributed by atoms with van der Waals surface area (Å²) in [5, 5.41) is 20.9. The van der Waals surface area contributed by atoms with E-state index >= 15 is 0 Å². The third-order valence-electron chi connectivity index (χ3n) is 3.81. The monoisotopic (exact) mass is 466 g/mol. The van der Waals surface area contributed by atoms with Gasteiger partial charge in [-0.1, -0.05) is 12.1 Å². The summed E-state index contributed by atoms with van der Waals surface area (Å²) >= 11 is 5.79. The lowest BCUT2D eigenvalue weighted by Gasteiger charge is -2.25. The molecule has 0 fully saturated rings. The number of hydrogen-bond acceptors (Lipinski definition) is 7. The normalized spacial score (nSPS) is 13.4. The molecule has 1 heterocycles. The van der Waals surface area contributed by atoms with Crippen molar-refractivity contribution in [3.05, 3.63) is 51.4 Å². The van der Waals surface area contributed by atoms with Crippen LogP contribution in [0.1, 0.15) is 12.5 Å². The number of aliphatic hydroxyl groups is 1. The number of nitrogens with zero attached hydrogens (tertiary/aromatic N) is 4. The lowest BCUT2D eigenvalue weighted by atomic mass is 10.1. The van der Waals surface area contributed by atoms with Gasteiger partial charge in [0.05, 0.1) is 6.54 Å². The highest BCUT2D eigenvalue weighted by Gasteiger charge is 2.31. The Labute approximate surface area is 178 Å². The SMILES string of the molecule is CN(Cc1ccc(OC(F)(F)F)cc1)C(=O)OCC(C)(O)Cn1cc([N+](=O)[O-])nc1Cl. The Kier molecular flexibility index (Phi) is 7.33. The number of nitro groups is 1. The van der Waals surface area contributed by atoms with E-state index in [0.29, 0.717) is 5.56 Å². The fourth-order valence-corrected chi connectivity index (χ4v) is 2.65. The number of benzene rings is 1. The molecular weight excluding hydrogens is 449 g/mol. The van der Waals surface area contributed by atoms with E-state index in [0.717, 1.165) is 27.8 Å². The smallest absolute Gasteiger partial charge is 0.446 e. The standard InChI is InChI=1S/C17H18ClF3N4O6/c1-16(27,9-24-8-13(25(28)29)22-14(24)18)10-30-15(26)23(2)7-11-3-5-12(6-4-11)31-17(19,20)21/h3-6,8,27H,7,9-10H2,1-2H3. The first kappa shape index (κ1) is 24.2. The first-order chi connectivity index (χ1) is 14.3. The van der Waals surface area contributed by atoms with Gasteiger partial charge in [-0.15, -0.1) is 13.2 Å². The number of aromatic nitrogens is 2. The van der Waals surface area contributed by atoms with Crippen LogP contribution in [0.15, 0.2) is 30.5 Å². The Balaban J connectivity index is 1.88. The zero-order chi connectivity index (χ0) is 23.4. The molecule has 0 saturated carbocycles. The van der Waals surface area contributed by atoms with Gasteiger partial charge < -0.3 is 29.6 Å². The van der Waals surface area contributed by atoms with Crippen LogP contribution in [0.5, 0.6) is 5.75 Å². The Morgan fingerprint density at radius 3 is 2.48 bits per heavy atom. The van der Waals surface area contributed by atoms with E-state index in [-0.39, 0.29) is 18.4 Å². The van der Waals surface area contributed by atoms with Gasteiger partial charge in [-0.2, -0.15) is 0 Å². The van der Waals surface area contributed by atoms with Gasteiger partial charge in [0.1, 0.15) is 24.2 Å². The Morgan fingerprint density at radius 1 is 1.35 bits per heavy atom. The fraction of sp³-hybridized carbons (Fsp3) is 0.412. The van der Waals surface area contributed by atoms with Crippen molar-refractivity contribution >= 4 is 23.5 Å². The number of halogens is 4. The molecule has 14 heteroatoms. The summed E-state index contributed by atoms with van der Waals surface area (Å²) in [6.07, 6.45) is -4.57. The van der Waals surface area contributed by atoms with E-state index in [4.69, 9.17) is 16.3 Å². The van der Waals surface area contributed by atoms with Crippen molar-refractivity contribution in [2.75, 3.05) is 13.7 Å². The van der Waals surface area contributed by atoms with Crippen LogP contribution in [0.4, 0.5) is 23.8 Å². The Hall–Kier alpha value is -3.06. The molecule has 0 radical (unpaired) electrons. The average Bonchev–Trinajstić information content (AvgIpc) is 3.00. The number of amides is 1. The number of carbonyl (C=O) groups excluding carboxylic acids is 1. The van der Waals surface area contributed by atoms with E-state index in [1.54, 1.807) is 0 Å². The van der Waals surface area contributed by atoms with Crippen molar-refractivity contribution in [3.8, 4) is 5.75 Å². The first-order valence-corrected chi connectivity index (χ1v) is 8.95. The van der Waals surface area contributed by atoms with Crippen LogP contribution in [0, 0.1) is 10.1 Å². The second-order valence-corrected chi connectivity index (χ2v) is 7.19. The Morgan fingerprint density at radius 2 is 1.97 bits per heavy atom. The number of alkyl halides is 3. The van der Waals surface area contributed by atoms with Crippen LogP contribution in [0.3, 0.4) is 0 Å². The molecule has 10 nitrogen and oxygen atoms in total. The summed E-state index contributed by atoms with van der Waals surface area (Å²) in [6, 6.07) is 4.94. The molecule has 1 aromatic carbocycles. The minimum absolute atomic E-state index is 0.0207. The molecule has 1 aromatic heterocycles. The van der Waals surface area contributed by atoms with Gasteiger partial charge in [0.25, 0.3) is 0 Å². The second kappa shape index (κ2) is 9.39. The van der Waals surface area contributed by atoms with Crippen molar-refractivity contribution in [1.29, 1.82) is 0 Å². The van der Waals surface area contributed by atoms with Crippen LogP contribution >= 0.6 is 11.6 Å². The van der Waals surface area contributed by atoms with E-state index in [1.165, 1.54) is 26.1 Å². The minimum Gasteiger partial charge on any atom is -0.446 e. The summed E-state index contributed by atoms with van der Waals surface area (Å²) < 4.78 is 46.5. The van der Waals surface area contributed by atoms with Crippen molar-refractivity contribution in [1.82, 2.24) is 14.5 Å². The molecule has 0 spiro atoms. The van der Waals surface area contributed by atoms with Crippen LogP contribution in [0.25, 0.3) is 0 Å². The van der Waals surface area contributed by atoms with Crippen LogP contribution in [-0.2, 0) is 17.8 Å². The topological polar surface area (TPSA) is 120 Å². The van der Waals surface area contributed by atoms with E-state index in [2.05, 4.69) is 9.72 Å². The van der Waals surface area contributed by atoms with Gasteiger partial charge in [-0.25, -0.2) is 4.79 Å². The van der Waals surface area contributed by atoms with Gasteiger partial charge in [0.2, 0.25) is 0 Å². The van der Waals surface area contributed by atoms with Crippen LogP contribution < -0.4 is 4.74 Å². The summed E-state index contributed by atoms with van der Waals surface area (Å²) in [7, 11) is 1.40. The van der Waals surface area contributed by atoms with Gasteiger partial charge >= 0.3 is 23.6 Å². The maximum absolute atomic E-state index is 12.2. The molecule has 0 aliphatic rings. The molecule has 170 valence electrons. The predicted molar refractivity (Wildman–Crippen MR) is 100 cm³/mol. The Bertz CT molecular complexity index is 933. The highest BCUT2D eigenvalue weighted by atomic mass is 35.5. The van der Waals surface area contributed by atoms with Gasteiger partial charge in [-0.3, -0.25) is 4.57 Å². The third-order valence-corrected chi connectivity index (χ3v) is 4.11. The average molecular weight is 467 g/mol. The molecule has 0 aliphatic heterocycles. The maximum Gasteiger partial charge on any atom is 0.573 e. The number of carbonyl (C=O) groups is 1. The van der Waals surface area contributed by atoms with Crippen molar-refractivity contribution < 1.29 is 37.5 Å². The molecular formula is C17H18ClF3N4O6. The molecule has 1 amide bonds. The molecule has 31 heavy (non-hydrogen) atoms. The zero-order valence-electron chi connectivity index (χ0n) is 16.3. The predicted octanol–water partition coefficient (Wildman–Crippen LogP) is 3.36. The number of imidazole rings is 1. The number of ether oxygens (including phenoxy) is 2. The largest absolute Gasteiger partial charge is 0.573 e. The molecule has 0 aliphatic carbocycles. The second-order valence-electron chi connectivity index (χ2n) is 6.85. The van der Waals surface area contributed by atoms with E-state index in [1.807, 2.05) is 0 Å². The minimum atomic E-state index is -4.80. The highest BCUT2D eigenvalue weighted by Crippen LogP contribution is 2.23. The van der Waals surface area contributed by atoms with Crippen molar-refractivity contribution in [2.45, 2.75) is 32.0 Å². The lowest BCUT2D eigenvalue weighted by molar-refractivity contribution is -0.389. The summed E-state index contributed by atoms with van der Waals surface area (Å²) in [5.41, 5.74) is -1.11. The number of hydrogen-bond donors (Lipinski definition) is 1. The molecule has 0 bridgehead atoms. The van der Waals surface area contributed by atoms with E-state index in [9.17, 15) is 33.2 Å². The molecule has 2 rings (SSSR count). The zero-order valence-corrected chi connectivity index (χ0v) is 17.1. The van der Waals surface area contributed by atoms with Crippen molar-refractivity contribution in [3.63, 3.8) is 0 Å². The van der Waals surface area contributed by atoms with Gasteiger partial charge in [0, 0.05) is 13.6 Å². The summed E-state index contributed by atoms with van der Waals surface area (Å²) in [6.45, 7) is 0.663. The third kappa shape index (κ3) is 7.61. The highest BCUT2D eigenvalue weighted by molar-refractivity contribution is 6.28. The summed E-state index contributed by atoms with van der Waals surface area (Å²) in [4.78, 5) is 26.8.